The van der Waals surface area contributed by atoms with Crippen LogP contribution in [0, 0.1) is 0 Å². The summed E-state index contributed by atoms with van der Waals surface area (Å²) in [7, 11) is 1.67. The van der Waals surface area contributed by atoms with Gasteiger partial charge in [-0.2, -0.15) is 0 Å². The summed E-state index contributed by atoms with van der Waals surface area (Å²) in [4.78, 5) is 25.8. The maximum atomic E-state index is 12.5. The molecule has 6 nitrogen and oxygen atoms in total. The number of amides is 2. The summed E-state index contributed by atoms with van der Waals surface area (Å²) >= 11 is 0. The minimum Gasteiger partial charge on any atom is -0.382 e. The van der Waals surface area contributed by atoms with Crippen molar-refractivity contribution in [2.24, 2.45) is 5.73 Å². The number of nitrogens with zero attached hydrogens (tertiary/aromatic N) is 1. The number of carbonyl (C=O) groups is 2. The molecule has 1 aromatic rings. The van der Waals surface area contributed by atoms with E-state index in [9.17, 15) is 14.7 Å². The van der Waals surface area contributed by atoms with Crippen molar-refractivity contribution >= 4 is 24.2 Å². The van der Waals surface area contributed by atoms with Crippen molar-refractivity contribution < 1.29 is 14.7 Å². The van der Waals surface area contributed by atoms with Gasteiger partial charge in [0.1, 0.15) is 6.10 Å². The molecule has 23 heavy (non-hydrogen) atoms. The molecule has 1 aliphatic heterocycles. The van der Waals surface area contributed by atoms with E-state index < -0.39 is 23.8 Å². The predicted octanol–water partition coefficient (Wildman–Crippen LogP) is 0.249. The lowest BCUT2D eigenvalue weighted by Crippen LogP contribution is -2.50. The predicted molar refractivity (Wildman–Crippen MR) is 90.3 cm³/mol. The number of piperidine rings is 1. The SMILES string of the molecule is CN(C(=O)C(O)C(C(N)=O)c1ccccc1)C1CCNCC1.Cl. The van der Waals surface area contributed by atoms with Crippen molar-refractivity contribution in [2.75, 3.05) is 20.1 Å². The van der Waals surface area contributed by atoms with Crippen molar-refractivity contribution in [1.29, 1.82) is 0 Å². The molecule has 1 heterocycles. The highest BCUT2D eigenvalue weighted by Gasteiger charge is 2.35. The van der Waals surface area contributed by atoms with Crippen molar-refractivity contribution in [3.05, 3.63) is 35.9 Å². The number of aliphatic hydroxyl groups excluding tert-OH is 1. The third-order valence-electron chi connectivity index (χ3n) is 4.24. The van der Waals surface area contributed by atoms with Gasteiger partial charge in [0.05, 0.1) is 5.92 Å². The highest BCUT2D eigenvalue weighted by atomic mass is 35.5. The first-order chi connectivity index (χ1) is 10.5. The van der Waals surface area contributed by atoms with Crippen LogP contribution in [0.5, 0.6) is 0 Å². The summed E-state index contributed by atoms with van der Waals surface area (Å²) in [6.07, 6.45) is 0.211. The number of hydrogen-bond acceptors (Lipinski definition) is 4. The van der Waals surface area contributed by atoms with Gasteiger partial charge in [0.25, 0.3) is 5.91 Å². The molecule has 128 valence electrons. The Kier molecular flexibility index (Phi) is 7.48. The highest BCUT2D eigenvalue weighted by Crippen LogP contribution is 2.22. The minimum atomic E-state index is -1.46. The van der Waals surface area contributed by atoms with Gasteiger partial charge in [-0.3, -0.25) is 9.59 Å². The molecule has 2 unspecified atom stereocenters. The smallest absolute Gasteiger partial charge is 0.252 e. The Bertz CT molecular complexity index is 521. The molecule has 0 aromatic heterocycles. The number of nitrogens with two attached hydrogens (primary N) is 1. The molecule has 2 atom stereocenters. The van der Waals surface area contributed by atoms with Crippen LogP contribution < -0.4 is 11.1 Å². The zero-order chi connectivity index (χ0) is 16.1. The van der Waals surface area contributed by atoms with Gasteiger partial charge in [0.2, 0.25) is 5.91 Å². The zero-order valence-electron chi connectivity index (χ0n) is 13.1. The van der Waals surface area contributed by atoms with Crippen LogP contribution >= 0.6 is 12.4 Å². The standard InChI is InChI=1S/C16H23N3O3.ClH/c1-19(12-7-9-18-10-8-12)16(22)14(20)13(15(17)21)11-5-3-2-4-6-11;/h2-6,12-14,18,20H,7-10H2,1H3,(H2,17,21);1H. The molecule has 7 heteroatoms. The Hall–Kier alpha value is -1.63. The van der Waals surface area contributed by atoms with Crippen LogP contribution in [-0.4, -0.2) is 54.1 Å². The number of aliphatic hydroxyl groups is 1. The van der Waals surface area contributed by atoms with E-state index in [4.69, 9.17) is 5.73 Å². The molecule has 1 fully saturated rings. The van der Waals surface area contributed by atoms with Gasteiger partial charge >= 0.3 is 0 Å². The normalized spacial score (nSPS) is 17.7. The monoisotopic (exact) mass is 341 g/mol. The highest BCUT2D eigenvalue weighted by molar-refractivity contribution is 5.92. The fourth-order valence-electron chi connectivity index (χ4n) is 2.89. The van der Waals surface area contributed by atoms with Gasteiger partial charge in [0, 0.05) is 13.1 Å². The summed E-state index contributed by atoms with van der Waals surface area (Å²) in [6, 6.07) is 8.76. The maximum Gasteiger partial charge on any atom is 0.252 e. The number of likely N-dealkylation sites (N-methyl/N-ethyl adjacent to an activating group) is 1. The molecule has 0 bridgehead atoms. The van der Waals surface area contributed by atoms with Crippen LogP contribution in [0.4, 0.5) is 0 Å². The first-order valence-corrected chi connectivity index (χ1v) is 7.52. The largest absolute Gasteiger partial charge is 0.382 e. The lowest BCUT2D eigenvalue weighted by Gasteiger charge is -2.34. The van der Waals surface area contributed by atoms with E-state index in [1.807, 2.05) is 0 Å². The average Bonchev–Trinajstić information content (AvgIpc) is 2.55. The molecule has 2 amide bonds. The average molecular weight is 342 g/mol. The summed E-state index contributed by atoms with van der Waals surface area (Å²) < 4.78 is 0. The lowest BCUT2D eigenvalue weighted by molar-refractivity contribution is -0.145. The Balaban J connectivity index is 0.00000264. The number of carbonyl (C=O) groups excluding carboxylic acids is 2. The van der Waals surface area contributed by atoms with Gasteiger partial charge < -0.3 is 21.1 Å². The van der Waals surface area contributed by atoms with Gasteiger partial charge in [-0.05, 0) is 31.5 Å². The summed E-state index contributed by atoms with van der Waals surface area (Å²) in [5.74, 6) is -2.19. The van der Waals surface area contributed by atoms with Crippen molar-refractivity contribution in [1.82, 2.24) is 10.2 Å². The van der Waals surface area contributed by atoms with Gasteiger partial charge in [-0.1, -0.05) is 30.3 Å². The summed E-state index contributed by atoms with van der Waals surface area (Å²) in [5, 5.41) is 13.6. The Labute approximate surface area is 142 Å². The van der Waals surface area contributed by atoms with Crippen LogP contribution in [0.1, 0.15) is 24.3 Å². The molecule has 1 aromatic carbocycles. The van der Waals surface area contributed by atoms with E-state index in [1.165, 1.54) is 0 Å². The first kappa shape index (κ1) is 19.4. The van der Waals surface area contributed by atoms with E-state index in [0.29, 0.717) is 5.56 Å². The Morgan fingerprint density at radius 2 is 1.83 bits per heavy atom. The van der Waals surface area contributed by atoms with Crippen LogP contribution in [0.3, 0.4) is 0 Å². The number of nitrogens with one attached hydrogen (secondary N) is 1. The molecular formula is C16H24ClN3O3. The number of primary amides is 1. The number of benzene rings is 1. The van der Waals surface area contributed by atoms with Crippen molar-refractivity contribution in [2.45, 2.75) is 30.9 Å². The second-order valence-electron chi connectivity index (χ2n) is 5.67. The van der Waals surface area contributed by atoms with Crippen molar-refractivity contribution in [3.8, 4) is 0 Å². The van der Waals surface area contributed by atoms with Crippen LogP contribution in [0.2, 0.25) is 0 Å². The number of halogens is 1. The minimum absolute atomic E-state index is 0. The fraction of sp³-hybridized carbons (Fsp3) is 0.500. The third kappa shape index (κ3) is 4.67. The molecule has 1 saturated heterocycles. The topological polar surface area (TPSA) is 95.7 Å². The van der Waals surface area contributed by atoms with E-state index in [1.54, 1.807) is 42.3 Å². The van der Waals surface area contributed by atoms with Gasteiger partial charge in [0.15, 0.2) is 0 Å². The fourth-order valence-corrected chi connectivity index (χ4v) is 2.89. The lowest BCUT2D eigenvalue weighted by atomic mass is 9.91. The molecule has 0 aliphatic carbocycles. The van der Waals surface area contributed by atoms with E-state index >= 15 is 0 Å². The summed E-state index contributed by atoms with van der Waals surface area (Å²) in [5.41, 5.74) is 5.96. The molecule has 1 aliphatic rings. The second-order valence-corrected chi connectivity index (χ2v) is 5.67. The van der Waals surface area contributed by atoms with Gasteiger partial charge in [-0.25, -0.2) is 0 Å². The molecular weight excluding hydrogens is 318 g/mol. The molecule has 0 spiro atoms. The molecule has 2 rings (SSSR count). The van der Waals surface area contributed by atoms with Crippen LogP contribution in [0.15, 0.2) is 30.3 Å². The number of hydrogen-bond donors (Lipinski definition) is 3. The molecule has 0 radical (unpaired) electrons. The first-order valence-electron chi connectivity index (χ1n) is 7.52. The van der Waals surface area contributed by atoms with Crippen LogP contribution in [0.25, 0.3) is 0 Å². The quantitative estimate of drug-likeness (QED) is 0.715. The Morgan fingerprint density at radius 1 is 1.26 bits per heavy atom. The van der Waals surface area contributed by atoms with Crippen molar-refractivity contribution in [3.63, 3.8) is 0 Å². The third-order valence-corrected chi connectivity index (χ3v) is 4.24. The Morgan fingerprint density at radius 3 is 2.35 bits per heavy atom. The second kappa shape index (κ2) is 8.86. The maximum absolute atomic E-state index is 12.5. The molecule has 0 saturated carbocycles. The molecule has 4 N–H and O–H groups in total. The van der Waals surface area contributed by atoms with E-state index in [2.05, 4.69) is 5.32 Å². The van der Waals surface area contributed by atoms with E-state index in [-0.39, 0.29) is 18.4 Å². The summed E-state index contributed by atoms with van der Waals surface area (Å²) in [6.45, 7) is 1.69. The zero-order valence-corrected chi connectivity index (χ0v) is 14.0. The van der Waals surface area contributed by atoms with Gasteiger partial charge in [-0.15, -0.1) is 12.4 Å². The van der Waals surface area contributed by atoms with E-state index in [0.717, 1.165) is 25.9 Å². The van der Waals surface area contributed by atoms with Crippen LogP contribution in [-0.2, 0) is 9.59 Å². The number of rotatable bonds is 5.